The third-order valence-corrected chi connectivity index (χ3v) is 4.81. The Bertz CT molecular complexity index is 820. The Labute approximate surface area is 151 Å². The molecule has 136 valence electrons. The topological polar surface area (TPSA) is 84.8 Å². The van der Waals surface area contributed by atoms with Crippen LogP contribution < -0.4 is 4.74 Å². The van der Waals surface area contributed by atoms with Gasteiger partial charge < -0.3 is 19.5 Å². The molecule has 0 aliphatic carbocycles. The van der Waals surface area contributed by atoms with Gasteiger partial charge in [0.05, 0.1) is 31.6 Å². The van der Waals surface area contributed by atoms with Gasteiger partial charge in [0.1, 0.15) is 17.5 Å². The van der Waals surface area contributed by atoms with Gasteiger partial charge in [-0.05, 0) is 25.1 Å². The number of hydrogen-bond acceptors (Lipinski definition) is 6. The quantitative estimate of drug-likeness (QED) is 0.906. The molecule has 1 amide bonds. The highest BCUT2D eigenvalue weighted by molar-refractivity contribution is 5.95. The van der Waals surface area contributed by atoms with Crippen molar-refractivity contribution in [3.63, 3.8) is 0 Å². The molecule has 1 spiro atoms. The summed E-state index contributed by atoms with van der Waals surface area (Å²) >= 11 is 0. The maximum atomic E-state index is 12.5. The molecule has 0 saturated carbocycles. The van der Waals surface area contributed by atoms with Crippen LogP contribution in [0.4, 0.5) is 0 Å². The van der Waals surface area contributed by atoms with Gasteiger partial charge in [0, 0.05) is 24.6 Å². The maximum absolute atomic E-state index is 12.5. The summed E-state index contributed by atoms with van der Waals surface area (Å²) in [6.45, 7) is 3.53. The van der Waals surface area contributed by atoms with Crippen LogP contribution in [-0.2, 0) is 4.74 Å². The van der Waals surface area contributed by atoms with Gasteiger partial charge in [-0.2, -0.15) is 0 Å². The number of phenolic OH excluding ortho intramolecular Hbond substituents is 1. The highest BCUT2D eigenvalue weighted by atomic mass is 16.5. The lowest BCUT2D eigenvalue weighted by molar-refractivity contribution is -0.174. The normalized spacial score (nSPS) is 21.3. The molecule has 26 heavy (non-hydrogen) atoms. The van der Waals surface area contributed by atoms with Gasteiger partial charge in [0.15, 0.2) is 0 Å². The number of aryl methyl sites for hydroxylation is 1. The number of aromatic hydroxyl groups is 1. The number of phenols is 1. The fourth-order valence-electron chi connectivity index (χ4n) is 3.59. The molecule has 1 atom stereocenters. The summed E-state index contributed by atoms with van der Waals surface area (Å²) in [5.41, 5.74) is 0.946. The Balaban J connectivity index is 1.37. The summed E-state index contributed by atoms with van der Waals surface area (Å²) in [7, 11) is 0. The number of nitrogens with zero attached hydrogens (tertiary/aromatic N) is 3. The van der Waals surface area contributed by atoms with Crippen molar-refractivity contribution in [2.75, 3.05) is 19.7 Å². The monoisotopic (exact) mass is 355 g/mol. The van der Waals surface area contributed by atoms with E-state index in [4.69, 9.17) is 9.47 Å². The largest absolute Gasteiger partial charge is 0.508 e. The number of aromatic nitrogens is 2. The average Bonchev–Trinajstić information content (AvgIpc) is 2.59. The molecule has 1 aromatic heterocycles. The standard InChI is InChI=1S/C19H21N3O4/c1-13-9-20-10-17(21-13)26-16-5-6-25-19(8-16)11-22(12-19)18(24)14-3-2-4-15(23)7-14/h2-4,7,9-10,16,23H,5-6,8,11-12H2,1H3. The van der Waals surface area contributed by atoms with Crippen molar-refractivity contribution in [2.24, 2.45) is 0 Å². The predicted octanol–water partition coefficient (Wildman–Crippen LogP) is 1.94. The highest BCUT2D eigenvalue weighted by Gasteiger charge is 2.50. The van der Waals surface area contributed by atoms with E-state index in [1.54, 1.807) is 35.5 Å². The van der Waals surface area contributed by atoms with Crippen LogP contribution in [0.2, 0.25) is 0 Å². The molecule has 1 N–H and O–H groups in total. The fraction of sp³-hybridized carbons (Fsp3) is 0.421. The van der Waals surface area contributed by atoms with Gasteiger partial charge in [0.2, 0.25) is 5.88 Å². The number of carbonyl (C=O) groups is 1. The third kappa shape index (κ3) is 3.35. The first kappa shape index (κ1) is 16.8. The number of carbonyl (C=O) groups excluding carboxylic acids is 1. The van der Waals surface area contributed by atoms with E-state index in [2.05, 4.69) is 9.97 Å². The van der Waals surface area contributed by atoms with Crippen molar-refractivity contribution in [3.8, 4) is 11.6 Å². The lowest BCUT2D eigenvalue weighted by atomic mass is 9.84. The van der Waals surface area contributed by atoms with Crippen molar-refractivity contribution >= 4 is 5.91 Å². The smallest absolute Gasteiger partial charge is 0.254 e. The van der Waals surface area contributed by atoms with Gasteiger partial charge in [-0.3, -0.25) is 9.78 Å². The van der Waals surface area contributed by atoms with Gasteiger partial charge >= 0.3 is 0 Å². The van der Waals surface area contributed by atoms with Crippen molar-refractivity contribution in [2.45, 2.75) is 31.5 Å². The summed E-state index contributed by atoms with van der Waals surface area (Å²) in [6.07, 6.45) is 4.81. The summed E-state index contributed by atoms with van der Waals surface area (Å²) < 4.78 is 11.9. The molecule has 2 saturated heterocycles. The molecule has 1 aromatic carbocycles. The average molecular weight is 355 g/mol. The van der Waals surface area contributed by atoms with Crippen LogP contribution in [0.15, 0.2) is 36.7 Å². The molecule has 0 radical (unpaired) electrons. The number of ether oxygens (including phenoxy) is 2. The first-order valence-electron chi connectivity index (χ1n) is 8.71. The minimum Gasteiger partial charge on any atom is -0.508 e. The molecule has 7 heteroatoms. The molecule has 2 fully saturated rings. The van der Waals surface area contributed by atoms with Crippen LogP contribution in [0.25, 0.3) is 0 Å². The zero-order valence-corrected chi connectivity index (χ0v) is 14.6. The van der Waals surface area contributed by atoms with Crippen LogP contribution in [0.1, 0.15) is 28.9 Å². The third-order valence-electron chi connectivity index (χ3n) is 4.81. The minimum atomic E-state index is -0.355. The summed E-state index contributed by atoms with van der Waals surface area (Å²) in [6, 6.07) is 6.41. The number of rotatable bonds is 3. The second-order valence-corrected chi connectivity index (χ2v) is 6.97. The van der Waals surface area contributed by atoms with E-state index in [9.17, 15) is 9.90 Å². The van der Waals surface area contributed by atoms with E-state index >= 15 is 0 Å². The molecular formula is C19H21N3O4. The van der Waals surface area contributed by atoms with Crippen LogP contribution in [0, 0.1) is 6.92 Å². The molecule has 2 aliphatic rings. The highest BCUT2D eigenvalue weighted by Crippen LogP contribution is 2.36. The van der Waals surface area contributed by atoms with Crippen LogP contribution >= 0.6 is 0 Å². The number of amides is 1. The molecule has 7 nitrogen and oxygen atoms in total. The van der Waals surface area contributed by atoms with E-state index in [1.165, 1.54) is 6.07 Å². The molecule has 1 unspecified atom stereocenters. The summed E-state index contributed by atoms with van der Waals surface area (Å²) in [4.78, 5) is 22.7. The van der Waals surface area contributed by atoms with E-state index in [0.717, 1.165) is 12.1 Å². The van der Waals surface area contributed by atoms with Gasteiger partial charge in [-0.1, -0.05) is 6.07 Å². The fourth-order valence-corrected chi connectivity index (χ4v) is 3.59. The Hall–Kier alpha value is -2.67. The van der Waals surface area contributed by atoms with Gasteiger partial charge in [-0.15, -0.1) is 0 Å². The SMILES string of the molecule is Cc1cncc(OC2CCOC3(C2)CN(C(=O)c2cccc(O)c2)C3)n1. The molecule has 2 aliphatic heterocycles. The van der Waals surface area contributed by atoms with E-state index in [1.807, 2.05) is 6.92 Å². The minimum absolute atomic E-state index is 0.00197. The second kappa shape index (κ2) is 6.57. The van der Waals surface area contributed by atoms with Crippen molar-refractivity contribution < 1.29 is 19.4 Å². The zero-order valence-electron chi connectivity index (χ0n) is 14.6. The molecule has 0 bridgehead atoms. The van der Waals surface area contributed by atoms with E-state index in [-0.39, 0.29) is 23.4 Å². The van der Waals surface area contributed by atoms with E-state index in [0.29, 0.717) is 37.6 Å². The maximum Gasteiger partial charge on any atom is 0.254 e. The summed E-state index contributed by atoms with van der Waals surface area (Å²) in [5.74, 6) is 0.523. The van der Waals surface area contributed by atoms with Crippen LogP contribution in [0.5, 0.6) is 11.6 Å². The molecule has 3 heterocycles. The molecule has 2 aromatic rings. The van der Waals surface area contributed by atoms with Crippen molar-refractivity contribution in [1.82, 2.24) is 14.9 Å². The Morgan fingerprint density at radius 1 is 1.38 bits per heavy atom. The Kier molecular flexibility index (Phi) is 4.24. The van der Waals surface area contributed by atoms with Crippen molar-refractivity contribution in [3.05, 3.63) is 47.9 Å². The van der Waals surface area contributed by atoms with Crippen LogP contribution in [-0.4, -0.2) is 57.3 Å². The Morgan fingerprint density at radius 2 is 2.23 bits per heavy atom. The first-order valence-corrected chi connectivity index (χ1v) is 8.71. The number of hydrogen-bond donors (Lipinski definition) is 1. The van der Waals surface area contributed by atoms with Gasteiger partial charge in [0.25, 0.3) is 5.91 Å². The van der Waals surface area contributed by atoms with E-state index < -0.39 is 0 Å². The second-order valence-electron chi connectivity index (χ2n) is 6.97. The first-order chi connectivity index (χ1) is 12.5. The van der Waals surface area contributed by atoms with Crippen molar-refractivity contribution in [1.29, 1.82) is 0 Å². The van der Waals surface area contributed by atoms with Gasteiger partial charge in [-0.25, -0.2) is 4.98 Å². The van der Waals surface area contributed by atoms with Crippen LogP contribution in [0.3, 0.4) is 0 Å². The number of likely N-dealkylation sites (tertiary alicyclic amines) is 1. The lowest BCUT2D eigenvalue weighted by Crippen LogP contribution is -2.67. The number of benzene rings is 1. The Morgan fingerprint density at radius 3 is 3.00 bits per heavy atom. The summed E-state index contributed by atoms with van der Waals surface area (Å²) in [5, 5.41) is 9.55. The molecule has 4 rings (SSSR count). The lowest BCUT2D eigenvalue weighted by Gasteiger charge is -2.52. The zero-order chi connectivity index (χ0) is 18.1. The predicted molar refractivity (Wildman–Crippen MR) is 93.1 cm³/mol. The molecular weight excluding hydrogens is 334 g/mol.